The van der Waals surface area contributed by atoms with Crippen LogP contribution in [0.4, 0.5) is 0 Å². The minimum atomic E-state index is 1.08. The van der Waals surface area contributed by atoms with Gasteiger partial charge in [-0.3, -0.25) is 9.80 Å². The number of hydrogen-bond donors (Lipinski definition) is 0. The summed E-state index contributed by atoms with van der Waals surface area (Å²) < 4.78 is 0. The average Bonchev–Trinajstić information content (AvgIpc) is 2.54. The molecule has 0 unspecified atom stereocenters. The standard InChI is InChI=1S/C20H26N2/c1-17-8-9-20(14-18(17)2)16-22-12-10-21(11-13-22)15-19-6-4-3-5-7-19/h3-9,14H,10-13,15-16H2,1-2H3. The molecule has 0 bridgehead atoms. The SMILES string of the molecule is Cc1ccc(CN2CCN(Cc3ccccc3)CC2)cc1C. The van der Waals surface area contributed by atoms with Crippen molar-refractivity contribution >= 4 is 0 Å². The van der Waals surface area contributed by atoms with E-state index in [4.69, 9.17) is 0 Å². The van der Waals surface area contributed by atoms with Crippen molar-refractivity contribution < 1.29 is 0 Å². The Morgan fingerprint density at radius 1 is 0.682 bits per heavy atom. The summed E-state index contributed by atoms with van der Waals surface area (Å²) in [7, 11) is 0. The van der Waals surface area contributed by atoms with Crippen LogP contribution in [0.1, 0.15) is 22.3 Å². The number of piperazine rings is 1. The highest BCUT2D eigenvalue weighted by atomic mass is 15.3. The summed E-state index contributed by atoms with van der Waals surface area (Å²) in [5, 5.41) is 0. The molecule has 0 N–H and O–H groups in total. The van der Waals surface area contributed by atoms with Gasteiger partial charge < -0.3 is 0 Å². The zero-order valence-electron chi connectivity index (χ0n) is 13.8. The topological polar surface area (TPSA) is 6.48 Å². The number of rotatable bonds is 4. The van der Waals surface area contributed by atoms with Gasteiger partial charge in [0.05, 0.1) is 0 Å². The highest BCUT2D eigenvalue weighted by molar-refractivity contribution is 5.29. The van der Waals surface area contributed by atoms with E-state index in [1.807, 2.05) is 0 Å². The second kappa shape index (κ2) is 7.08. The maximum absolute atomic E-state index is 2.58. The molecule has 0 aromatic heterocycles. The minimum absolute atomic E-state index is 1.08. The van der Waals surface area contributed by atoms with E-state index in [1.54, 1.807) is 0 Å². The normalized spacial score (nSPS) is 16.8. The van der Waals surface area contributed by atoms with Gasteiger partial charge in [-0.15, -0.1) is 0 Å². The molecule has 22 heavy (non-hydrogen) atoms. The van der Waals surface area contributed by atoms with Gasteiger partial charge in [0.25, 0.3) is 0 Å². The quantitative estimate of drug-likeness (QED) is 0.850. The Kier molecular flexibility index (Phi) is 4.91. The maximum Gasteiger partial charge on any atom is 0.0234 e. The van der Waals surface area contributed by atoms with Gasteiger partial charge in [-0.2, -0.15) is 0 Å². The lowest BCUT2D eigenvalue weighted by Crippen LogP contribution is -2.45. The molecule has 1 heterocycles. The number of nitrogens with zero attached hydrogens (tertiary/aromatic N) is 2. The van der Waals surface area contributed by atoms with Gasteiger partial charge >= 0.3 is 0 Å². The number of hydrogen-bond acceptors (Lipinski definition) is 2. The molecule has 0 atom stereocenters. The lowest BCUT2D eigenvalue weighted by atomic mass is 10.1. The van der Waals surface area contributed by atoms with Crippen LogP contribution in [0.25, 0.3) is 0 Å². The molecule has 0 aliphatic carbocycles. The molecule has 2 aromatic carbocycles. The third-order valence-electron chi connectivity index (χ3n) is 4.69. The molecule has 2 nitrogen and oxygen atoms in total. The van der Waals surface area contributed by atoms with Crippen molar-refractivity contribution in [1.29, 1.82) is 0 Å². The third-order valence-corrected chi connectivity index (χ3v) is 4.69. The molecular formula is C20H26N2. The Labute approximate surface area is 134 Å². The van der Waals surface area contributed by atoms with E-state index in [0.29, 0.717) is 0 Å². The smallest absolute Gasteiger partial charge is 0.0234 e. The molecule has 116 valence electrons. The molecule has 1 fully saturated rings. The van der Waals surface area contributed by atoms with Crippen molar-refractivity contribution in [3.8, 4) is 0 Å². The summed E-state index contributed by atoms with van der Waals surface area (Å²) in [4.78, 5) is 5.14. The van der Waals surface area contributed by atoms with Crippen LogP contribution in [-0.4, -0.2) is 36.0 Å². The highest BCUT2D eigenvalue weighted by Crippen LogP contribution is 2.14. The highest BCUT2D eigenvalue weighted by Gasteiger charge is 2.17. The van der Waals surface area contributed by atoms with Crippen LogP contribution in [0.5, 0.6) is 0 Å². The summed E-state index contributed by atoms with van der Waals surface area (Å²) in [6.07, 6.45) is 0. The minimum Gasteiger partial charge on any atom is -0.297 e. The van der Waals surface area contributed by atoms with E-state index >= 15 is 0 Å². The summed E-state index contributed by atoms with van der Waals surface area (Å²) in [6.45, 7) is 11.2. The fraction of sp³-hybridized carbons (Fsp3) is 0.400. The first-order valence-corrected chi connectivity index (χ1v) is 8.25. The van der Waals surface area contributed by atoms with E-state index in [9.17, 15) is 0 Å². The largest absolute Gasteiger partial charge is 0.297 e. The first-order chi connectivity index (χ1) is 10.7. The molecule has 0 spiro atoms. The van der Waals surface area contributed by atoms with E-state index in [2.05, 4.69) is 72.2 Å². The van der Waals surface area contributed by atoms with Gasteiger partial charge in [-0.05, 0) is 36.1 Å². The van der Waals surface area contributed by atoms with Gasteiger partial charge in [0.1, 0.15) is 0 Å². The fourth-order valence-corrected chi connectivity index (χ4v) is 3.11. The van der Waals surface area contributed by atoms with Gasteiger partial charge in [-0.1, -0.05) is 48.5 Å². The first kappa shape index (κ1) is 15.3. The molecule has 0 amide bonds. The number of aryl methyl sites for hydroxylation is 2. The third kappa shape index (κ3) is 3.96. The van der Waals surface area contributed by atoms with Crippen LogP contribution in [0, 0.1) is 13.8 Å². The second-order valence-corrected chi connectivity index (χ2v) is 6.46. The molecule has 0 saturated carbocycles. The fourth-order valence-electron chi connectivity index (χ4n) is 3.11. The van der Waals surface area contributed by atoms with E-state index < -0.39 is 0 Å². The van der Waals surface area contributed by atoms with Gasteiger partial charge in [0, 0.05) is 39.3 Å². The Morgan fingerprint density at radius 2 is 1.27 bits per heavy atom. The summed E-state index contributed by atoms with van der Waals surface area (Å²) in [6, 6.07) is 17.7. The van der Waals surface area contributed by atoms with E-state index in [-0.39, 0.29) is 0 Å². The molecule has 2 heteroatoms. The lowest BCUT2D eigenvalue weighted by molar-refractivity contribution is 0.122. The van der Waals surface area contributed by atoms with Crippen molar-refractivity contribution in [2.75, 3.05) is 26.2 Å². The van der Waals surface area contributed by atoms with Crippen molar-refractivity contribution in [3.63, 3.8) is 0 Å². The first-order valence-electron chi connectivity index (χ1n) is 8.25. The molecule has 1 saturated heterocycles. The van der Waals surface area contributed by atoms with Crippen molar-refractivity contribution in [1.82, 2.24) is 9.80 Å². The Balaban J connectivity index is 1.50. The van der Waals surface area contributed by atoms with Crippen LogP contribution in [-0.2, 0) is 13.1 Å². The monoisotopic (exact) mass is 294 g/mol. The van der Waals surface area contributed by atoms with Crippen LogP contribution in [0.3, 0.4) is 0 Å². The Hall–Kier alpha value is -1.64. The van der Waals surface area contributed by atoms with Crippen LogP contribution >= 0.6 is 0 Å². The lowest BCUT2D eigenvalue weighted by Gasteiger charge is -2.34. The Bertz CT molecular complexity index is 598. The van der Waals surface area contributed by atoms with E-state index in [1.165, 1.54) is 48.4 Å². The molecule has 1 aliphatic heterocycles. The molecular weight excluding hydrogens is 268 g/mol. The van der Waals surface area contributed by atoms with E-state index in [0.717, 1.165) is 13.1 Å². The number of benzene rings is 2. The molecule has 0 radical (unpaired) electrons. The predicted octanol–water partition coefficient (Wildman–Crippen LogP) is 3.62. The summed E-state index contributed by atoms with van der Waals surface area (Å²) in [5.41, 5.74) is 5.65. The average molecular weight is 294 g/mol. The van der Waals surface area contributed by atoms with Gasteiger partial charge in [-0.25, -0.2) is 0 Å². The molecule has 1 aliphatic rings. The maximum atomic E-state index is 2.58. The van der Waals surface area contributed by atoms with Crippen molar-refractivity contribution in [2.45, 2.75) is 26.9 Å². The van der Waals surface area contributed by atoms with Crippen molar-refractivity contribution in [3.05, 3.63) is 70.8 Å². The zero-order valence-corrected chi connectivity index (χ0v) is 13.8. The predicted molar refractivity (Wildman–Crippen MR) is 92.9 cm³/mol. The molecule has 2 aromatic rings. The summed E-state index contributed by atoms with van der Waals surface area (Å²) >= 11 is 0. The molecule has 3 rings (SSSR count). The van der Waals surface area contributed by atoms with Gasteiger partial charge in [0.15, 0.2) is 0 Å². The zero-order chi connectivity index (χ0) is 15.4. The van der Waals surface area contributed by atoms with Crippen LogP contribution in [0.2, 0.25) is 0 Å². The van der Waals surface area contributed by atoms with Crippen molar-refractivity contribution in [2.24, 2.45) is 0 Å². The van der Waals surface area contributed by atoms with Crippen LogP contribution in [0.15, 0.2) is 48.5 Å². The van der Waals surface area contributed by atoms with Crippen LogP contribution < -0.4 is 0 Å². The summed E-state index contributed by atoms with van der Waals surface area (Å²) in [5.74, 6) is 0. The Morgan fingerprint density at radius 3 is 1.86 bits per heavy atom. The second-order valence-electron chi connectivity index (χ2n) is 6.46. The van der Waals surface area contributed by atoms with Gasteiger partial charge in [0.2, 0.25) is 0 Å².